The number of esters is 2. The smallest absolute Gasteiger partial charge is 0.355 e. The predicted octanol–water partition coefficient (Wildman–Crippen LogP) is 2.30. The molecule has 0 radical (unpaired) electrons. The van der Waals surface area contributed by atoms with Gasteiger partial charge in [-0.1, -0.05) is 6.07 Å². The van der Waals surface area contributed by atoms with Gasteiger partial charge < -0.3 is 29.2 Å². The first kappa shape index (κ1) is 22.8. The van der Waals surface area contributed by atoms with Crippen LogP contribution >= 0.6 is 0 Å². The molecule has 1 aromatic carbocycles. The van der Waals surface area contributed by atoms with Gasteiger partial charge in [-0.15, -0.1) is 0 Å². The van der Waals surface area contributed by atoms with Crippen LogP contribution in [-0.4, -0.2) is 50.3 Å². The first-order chi connectivity index (χ1) is 14.3. The molecular weight excluding hydrogens is 392 g/mol. The molecule has 0 aliphatic rings. The second kappa shape index (κ2) is 10.3. The number of aromatic amines is 1. The molecule has 2 N–H and O–H groups in total. The molecule has 0 saturated heterocycles. The van der Waals surface area contributed by atoms with E-state index in [4.69, 9.17) is 18.9 Å². The molecular formula is C21H26N2O7. The van der Waals surface area contributed by atoms with Crippen LogP contribution in [0.1, 0.15) is 44.6 Å². The Hall–Kier alpha value is -3.49. The standard InChI is InChI=1S/C21H26N2O7/c1-6-29-21(26)19-12(2)18(13(3)23-19)20(25)30-11-17(24)22-10-14-7-8-15(27-4)16(9-14)28-5/h7-9,23H,6,10-11H2,1-5H3,(H,22,24). The quantitative estimate of drug-likeness (QED) is 0.600. The first-order valence-electron chi connectivity index (χ1n) is 9.33. The van der Waals surface area contributed by atoms with Crippen molar-refractivity contribution in [3.8, 4) is 11.5 Å². The molecule has 30 heavy (non-hydrogen) atoms. The van der Waals surface area contributed by atoms with Gasteiger partial charge >= 0.3 is 11.9 Å². The highest BCUT2D eigenvalue weighted by Crippen LogP contribution is 2.27. The lowest BCUT2D eigenvalue weighted by molar-refractivity contribution is -0.124. The van der Waals surface area contributed by atoms with Crippen LogP contribution in [0.3, 0.4) is 0 Å². The minimum absolute atomic E-state index is 0.194. The fraction of sp³-hybridized carbons (Fsp3) is 0.381. The number of hydrogen-bond donors (Lipinski definition) is 2. The summed E-state index contributed by atoms with van der Waals surface area (Å²) in [5.41, 5.74) is 2.08. The maximum absolute atomic E-state index is 12.4. The zero-order valence-electron chi connectivity index (χ0n) is 17.7. The Bertz CT molecular complexity index is 934. The van der Waals surface area contributed by atoms with Crippen molar-refractivity contribution >= 4 is 17.8 Å². The van der Waals surface area contributed by atoms with Crippen molar-refractivity contribution in [3.63, 3.8) is 0 Å². The number of H-pyrrole nitrogens is 1. The third-order valence-corrected chi connectivity index (χ3v) is 4.39. The normalized spacial score (nSPS) is 10.3. The molecule has 0 aliphatic carbocycles. The molecule has 9 heteroatoms. The number of aromatic nitrogens is 1. The number of methoxy groups -OCH3 is 2. The van der Waals surface area contributed by atoms with Crippen molar-refractivity contribution < 1.29 is 33.3 Å². The number of rotatable bonds is 9. The van der Waals surface area contributed by atoms with E-state index in [0.717, 1.165) is 5.56 Å². The van der Waals surface area contributed by atoms with Crippen LogP contribution in [0.2, 0.25) is 0 Å². The molecule has 0 spiro atoms. The number of benzene rings is 1. The summed E-state index contributed by atoms with van der Waals surface area (Å²) in [6.07, 6.45) is 0. The van der Waals surface area contributed by atoms with E-state index in [9.17, 15) is 14.4 Å². The monoisotopic (exact) mass is 418 g/mol. The lowest BCUT2D eigenvalue weighted by Crippen LogP contribution is -2.28. The van der Waals surface area contributed by atoms with Gasteiger partial charge in [-0.25, -0.2) is 9.59 Å². The van der Waals surface area contributed by atoms with Gasteiger partial charge in [-0.2, -0.15) is 0 Å². The number of amides is 1. The SMILES string of the molecule is CCOC(=O)c1[nH]c(C)c(C(=O)OCC(=O)NCc2ccc(OC)c(OC)c2)c1C. The van der Waals surface area contributed by atoms with Gasteiger partial charge in [0.25, 0.3) is 5.91 Å². The van der Waals surface area contributed by atoms with Gasteiger partial charge in [0, 0.05) is 12.2 Å². The molecule has 0 saturated carbocycles. The summed E-state index contributed by atoms with van der Waals surface area (Å²) in [4.78, 5) is 39.3. The number of ether oxygens (including phenoxy) is 4. The second-order valence-electron chi connectivity index (χ2n) is 6.39. The van der Waals surface area contributed by atoms with Crippen LogP contribution in [0.15, 0.2) is 18.2 Å². The molecule has 162 valence electrons. The third kappa shape index (κ3) is 5.31. The van der Waals surface area contributed by atoms with Gasteiger partial charge in [0.15, 0.2) is 18.1 Å². The minimum Gasteiger partial charge on any atom is -0.493 e. The molecule has 0 unspecified atom stereocenters. The number of carbonyl (C=O) groups is 3. The van der Waals surface area contributed by atoms with Crippen LogP contribution in [0.5, 0.6) is 11.5 Å². The summed E-state index contributed by atoms with van der Waals surface area (Å²) in [5.74, 6) is -0.579. The molecule has 0 fully saturated rings. The van der Waals surface area contributed by atoms with Crippen LogP contribution in [-0.2, 0) is 20.8 Å². The van der Waals surface area contributed by atoms with Gasteiger partial charge in [-0.3, -0.25) is 4.79 Å². The Labute approximate surface area is 174 Å². The third-order valence-electron chi connectivity index (χ3n) is 4.39. The number of aryl methyl sites for hydroxylation is 1. The summed E-state index contributed by atoms with van der Waals surface area (Å²) >= 11 is 0. The molecule has 2 rings (SSSR count). The number of nitrogens with one attached hydrogen (secondary N) is 2. The molecule has 9 nitrogen and oxygen atoms in total. The van der Waals surface area contributed by atoms with Crippen molar-refractivity contribution in [3.05, 3.63) is 46.3 Å². The Morgan fingerprint density at radius 3 is 2.33 bits per heavy atom. The van der Waals surface area contributed by atoms with Gasteiger partial charge in [0.1, 0.15) is 5.69 Å². The summed E-state index contributed by atoms with van der Waals surface area (Å²) < 4.78 is 20.5. The molecule has 1 heterocycles. The van der Waals surface area contributed by atoms with Gasteiger partial charge in [0.2, 0.25) is 0 Å². The predicted molar refractivity (Wildman–Crippen MR) is 108 cm³/mol. The van der Waals surface area contributed by atoms with Gasteiger partial charge in [0.05, 0.1) is 26.4 Å². The van der Waals surface area contributed by atoms with E-state index < -0.39 is 24.5 Å². The van der Waals surface area contributed by atoms with E-state index >= 15 is 0 Å². The van der Waals surface area contributed by atoms with Crippen LogP contribution in [0, 0.1) is 13.8 Å². The zero-order valence-corrected chi connectivity index (χ0v) is 17.7. The lowest BCUT2D eigenvalue weighted by atomic mass is 10.1. The van der Waals surface area contributed by atoms with E-state index in [2.05, 4.69) is 10.3 Å². The Morgan fingerprint density at radius 2 is 1.70 bits per heavy atom. The van der Waals surface area contributed by atoms with Crippen molar-refractivity contribution in [2.75, 3.05) is 27.4 Å². The molecule has 1 aromatic heterocycles. The zero-order chi connectivity index (χ0) is 22.3. The van der Waals surface area contributed by atoms with Gasteiger partial charge in [-0.05, 0) is 44.0 Å². The Morgan fingerprint density at radius 1 is 1.00 bits per heavy atom. The molecule has 0 aliphatic heterocycles. The van der Waals surface area contributed by atoms with Crippen molar-refractivity contribution in [1.29, 1.82) is 0 Å². The van der Waals surface area contributed by atoms with Crippen molar-refractivity contribution in [2.45, 2.75) is 27.3 Å². The van der Waals surface area contributed by atoms with Crippen LogP contribution in [0.25, 0.3) is 0 Å². The summed E-state index contributed by atoms with van der Waals surface area (Å²) in [6, 6.07) is 5.27. The summed E-state index contributed by atoms with van der Waals surface area (Å²) in [7, 11) is 3.06. The minimum atomic E-state index is -0.696. The first-order valence-corrected chi connectivity index (χ1v) is 9.33. The van der Waals surface area contributed by atoms with Crippen molar-refractivity contribution in [1.82, 2.24) is 10.3 Å². The van der Waals surface area contributed by atoms with Crippen LogP contribution in [0.4, 0.5) is 0 Å². The number of hydrogen-bond acceptors (Lipinski definition) is 7. The lowest BCUT2D eigenvalue weighted by Gasteiger charge is -2.10. The maximum atomic E-state index is 12.4. The second-order valence-corrected chi connectivity index (χ2v) is 6.39. The summed E-state index contributed by atoms with van der Waals surface area (Å²) in [5, 5.41) is 2.67. The summed E-state index contributed by atoms with van der Waals surface area (Å²) in [6.45, 7) is 4.94. The number of carbonyl (C=O) groups excluding carboxylic acids is 3. The topological polar surface area (TPSA) is 116 Å². The van der Waals surface area contributed by atoms with E-state index in [0.29, 0.717) is 22.8 Å². The fourth-order valence-corrected chi connectivity index (χ4v) is 2.91. The van der Waals surface area contributed by atoms with Crippen LogP contribution < -0.4 is 14.8 Å². The average Bonchev–Trinajstić information content (AvgIpc) is 3.04. The Kier molecular flexibility index (Phi) is 7.85. The highest BCUT2D eigenvalue weighted by Gasteiger charge is 2.24. The molecule has 0 atom stereocenters. The largest absolute Gasteiger partial charge is 0.493 e. The highest BCUT2D eigenvalue weighted by molar-refractivity contribution is 5.99. The molecule has 1 amide bonds. The van der Waals surface area contributed by atoms with E-state index in [1.165, 1.54) is 14.2 Å². The van der Waals surface area contributed by atoms with E-state index in [1.54, 1.807) is 39.0 Å². The molecule has 2 aromatic rings. The average molecular weight is 418 g/mol. The maximum Gasteiger partial charge on any atom is 0.355 e. The Balaban J connectivity index is 1.94. The van der Waals surface area contributed by atoms with E-state index in [-0.39, 0.29) is 24.4 Å². The van der Waals surface area contributed by atoms with E-state index in [1.807, 2.05) is 0 Å². The highest BCUT2D eigenvalue weighted by atomic mass is 16.5. The molecule has 0 bridgehead atoms. The fourth-order valence-electron chi connectivity index (χ4n) is 2.91. The van der Waals surface area contributed by atoms with Crippen molar-refractivity contribution in [2.24, 2.45) is 0 Å².